The van der Waals surface area contributed by atoms with E-state index < -0.39 is 5.82 Å². The number of halogens is 1. The molecular weight excluding hydrogens is 451 g/mol. The van der Waals surface area contributed by atoms with Crippen molar-refractivity contribution in [2.75, 3.05) is 13.7 Å². The van der Waals surface area contributed by atoms with E-state index in [9.17, 15) is 4.39 Å². The van der Waals surface area contributed by atoms with Gasteiger partial charge in [-0.05, 0) is 60.8 Å². The molecule has 0 aliphatic carbocycles. The minimum Gasteiger partial charge on any atom is -0.494 e. The number of nitrogens with zero attached hydrogens (tertiary/aromatic N) is 3. The molecule has 0 saturated carbocycles. The summed E-state index contributed by atoms with van der Waals surface area (Å²) in [6.07, 6.45) is 0.964. The van der Waals surface area contributed by atoms with Crippen molar-refractivity contribution < 1.29 is 13.7 Å². The van der Waals surface area contributed by atoms with E-state index >= 15 is 0 Å². The molecule has 1 aromatic heterocycles. The Morgan fingerprint density at radius 2 is 1.94 bits per heavy atom. The number of benzene rings is 2. The Morgan fingerprint density at radius 3 is 2.56 bits per heavy atom. The molecule has 8 heteroatoms. The first-order valence-corrected chi connectivity index (χ1v) is 11.8. The maximum absolute atomic E-state index is 14.3. The first kappa shape index (κ1) is 23.9. The van der Waals surface area contributed by atoms with Crippen LogP contribution in [0.2, 0.25) is 0 Å². The van der Waals surface area contributed by atoms with Crippen molar-refractivity contribution in [1.29, 1.82) is 0 Å². The van der Waals surface area contributed by atoms with E-state index in [0.29, 0.717) is 28.3 Å². The van der Waals surface area contributed by atoms with Crippen molar-refractivity contribution in [2.45, 2.75) is 40.2 Å². The van der Waals surface area contributed by atoms with Crippen molar-refractivity contribution >= 4 is 22.9 Å². The Morgan fingerprint density at radius 1 is 1.21 bits per heavy atom. The number of nitrogens with one attached hydrogen (secondary N) is 1. The number of thiocarbonyl (C=S) groups is 1. The zero-order valence-corrected chi connectivity index (χ0v) is 20.9. The van der Waals surface area contributed by atoms with Gasteiger partial charge in [-0.1, -0.05) is 50.2 Å². The van der Waals surface area contributed by atoms with E-state index in [2.05, 4.69) is 65.4 Å². The second-order valence-corrected chi connectivity index (χ2v) is 9.14. The van der Waals surface area contributed by atoms with Gasteiger partial charge in [0.25, 0.3) is 5.89 Å². The summed E-state index contributed by atoms with van der Waals surface area (Å²) in [5.41, 5.74) is 4.62. The molecule has 1 atom stereocenters. The van der Waals surface area contributed by atoms with Crippen molar-refractivity contribution in [3.63, 3.8) is 0 Å². The van der Waals surface area contributed by atoms with Crippen molar-refractivity contribution in [1.82, 2.24) is 20.4 Å². The fourth-order valence-electron chi connectivity index (χ4n) is 4.09. The zero-order valence-electron chi connectivity index (χ0n) is 20.1. The van der Waals surface area contributed by atoms with Crippen molar-refractivity contribution in [3.05, 3.63) is 71.0 Å². The van der Waals surface area contributed by atoms with E-state index in [4.69, 9.17) is 21.5 Å². The van der Waals surface area contributed by atoms with Gasteiger partial charge < -0.3 is 19.5 Å². The second kappa shape index (κ2) is 9.93. The molecule has 1 unspecified atom stereocenters. The predicted molar refractivity (Wildman–Crippen MR) is 135 cm³/mol. The Bertz CT molecular complexity index is 1220. The minimum absolute atomic E-state index is 0.163. The van der Waals surface area contributed by atoms with Crippen LogP contribution in [0.15, 0.2) is 52.7 Å². The van der Waals surface area contributed by atoms with Crippen LogP contribution < -0.4 is 10.1 Å². The largest absolute Gasteiger partial charge is 0.494 e. The quantitative estimate of drug-likeness (QED) is 0.431. The van der Waals surface area contributed by atoms with Crippen LogP contribution in [0.4, 0.5) is 4.39 Å². The SMILES string of the molecule is CCc1ccc(C2NC(=S)N(CC(C)C)C(C)=C2c2nc(-c3ccc(OC)c(F)c3)no2)cc1. The fraction of sp³-hybridized carbons (Fsp3) is 0.346. The topological polar surface area (TPSA) is 63.4 Å². The summed E-state index contributed by atoms with van der Waals surface area (Å²) in [5, 5.41) is 8.28. The first-order valence-electron chi connectivity index (χ1n) is 11.4. The third-order valence-electron chi connectivity index (χ3n) is 5.93. The van der Waals surface area contributed by atoms with Gasteiger partial charge in [0.15, 0.2) is 16.7 Å². The molecule has 1 aliphatic heterocycles. The molecule has 1 aliphatic rings. The van der Waals surface area contributed by atoms with Gasteiger partial charge in [-0.25, -0.2) is 4.39 Å². The van der Waals surface area contributed by atoms with Crippen LogP contribution >= 0.6 is 12.2 Å². The maximum atomic E-state index is 14.3. The smallest absolute Gasteiger partial charge is 0.258 e. The standard InChI is InChI=1S/C26H29FN4O2S/c1-6-17-7-9-18(10-8-17)23-22(16(4)31(14-15(2)3)26(34)28-23)25-29-24(30-33-25)19-11-12-21(32-5)20(27)13-19/h7-13,15,23H,6,14H2,1-5H3,(H,28,34). The van der Waals surface area contributed by atoms with Gasteiger partial charge in [0.1, 0.15) is 0 Å². The van der Waals surface area contributed by atoms with Gasteiger partial charge >= 0.3 is 0 Å². The van der Waals surface area contributed by atoms with E-state index in [-0.39, 0.29) is 11.8 Å². The monoisotopic (exact) mass is 480 g/mol. The highest BCUT2D eigenvalue weighted by atomic mass is 32.1. The average Bonchev–Trinajstić information content (AvgIpc) is 3.31. The fourth-order valence-corrected chi connectivity index (χ4v) is 4.42. The number of rotatable bonds is 7. The van der Waals surface area contributed by atoms with Gasteiger partial charge in [0.2, 0.25) is 5.82 Å². The van der Waals surface area contributed by atoms with Crippen LogP contribution in [0, 0.1) is 11.7 Å². The molecule has 2 aromatic carbocycles. The molecule has 6 nitrogen and oxygen atoms in total. The Hall–Kier alpha value is -3.26. The summed E-state index contributed by atoms with van der Waals surface area (Å²) in [6, 6.07) is 12.8. The highest BCUT2D eigenvalue weighted by molar-refractivity contribution is 7.80. The summed E-state index contributed by atoms with van der Waals surface area (Å²) in [7, 11) is 1.43. The zero-order chi connectivity index (χ0) is 24.4. The lowest BCUT2D eigenvalue weighted by molar-refractivity contribution is 0.385. The number of methoxy groups -OCH3 is 1. The number of aromatic nitrogens is 2. The minimum atomic E-state index is -0.483. The molecule has 34 heavy (non-hydrogen) atoms. The average molecular weight is 481 g/mol. The number of hydrogen-bond donors (Lipinski definition) is 1. The highest BCUT2D eigenvalue weighted by Crippen LogP contribution is 2.38. The summed E-state index contributed by atoms with van der Waals surface area (Å²) in [6.45, 7) is 9.20. The van der Waals surface area contributed by atoms with Crippen LogP contribution in [-0.2, 0) is 6.42 Å². The van der Waals surface area contributed by atoms with E-state index in [1.165, 1.54) is 18.7 Å². The predicted octanol–water partition coefficient (Wildman–Crippen LogP) is 5.77. The van der Waals surface area contributed by atoms with Crippen LogP contribution in [0.5, 0.6) is 5.75 Å². The first-order chi connectivity index (χ1) is 16.3. The lowest BCUT2D eigenvalue weighted by Crippen LogP contribution is -2.47. The van der Waals surface area contributed by atoms with Gasteiger partial charge in [-0.3, -0.25) is 0 Å². The van der Waals surface area contributed by atoms with Gasteiger partial charge in [-0.15, -0.1) is 0 Å². The Kier molecular flexibility index (Phi) is 6.97. The molecule has 1 N–H and O–H groups in total. The summed E-state index contributed by atoms with van der Waals surface area (Å²) < 4.78 is 25.0. The van der Waals surface area contributed by atoms with E-state index in [1.807, 2.05) is 6.92 Å². The molecule has 0 radical (unpaired) electrons. The van der Waals surface area contributed by atoms with Crippen LogP contribution in [0.3, 0.4) is 0 Å². The molecule has 2 heterocycles. The lowest BCUT2D eigenvalue weighted by Gasteiger charge is -2.38. The van der Waals surface area contributed by atoms with Gasteiger partial charge in [0.05, 0.1) is 18.7 Å². The Balaban J connectivity index is 1.79. The van der Waals surface area contributed by atoms with Crippen LogP contribution in [-0.4, -0.2) is 33.8 Å². The summed E-state index contributed by atoms with van der Waals surface area (Å²) >= 11 is 5.73. The molecule has 4 rings (SSSR count). The third-order valence-corrected chi connectivity index (χ3v) is 6.27. The van der Waals surface area contributed by atoms with Gasteiger partial charge in [0, 0.05) is 17.8 Å². The van der Waals surface area contributed by atoms with Gasteiger partial charge in [-0.2, -0.15) is 4.98 Å². The van der Waals surface area contributed by atoms with Crippen LogP contribution in [0.25, 0.3) is 17.0 Å². The normalized spacial score (nSPS) is 16.3. The van der Waals surface area contributed by atoms with Crippen molar-refractivity contribution in [3.8, 4) is 17.1 Å². The summed E-state index contributed by atoms with van der Waals surface area (Å²) in [5.74, 6) is 0.758. The van der Waals surface area contributed by atoms with E-state index in [1.54, 1.807) is 12.1 Å². The molecule has 178 valence electrons. The van der Waals surface area contributed by atoms with E-state index in [0.717, 1.165) is 29.8 Å². The van der Waals surface area contributed by atoms with Crippen molar-refractivity contribution in [2.24, 2.45) is 5.92 Å². The highest BCUT2D eigenvalue weighted by Gasteiger charge is 2.34. The number of aryl methyl sites for hydroxylation is 1. The third kappa shape index (κ3) is 4.68. The lowest BCUT2D eigenvalue weighted by atomic mass is 9.93. The number of hydrogen-bond acceptors (Lipinski definition) is 5. The molecule has 3 aromatic rings. The maximum Gasteiger partial charge on any atom is 0.258 e. The molecule has 0 bridgehead atoms. The molecule has 0 amide bonds. The summed E-state index contributed by atoms with van der Waals surface area (Å²) in [4.78, 5) is 6.72. The number of allylic oxidation sites excluding steroid dienone is 1. The molecular formula is C26H29FN4O2S. The van der Waals surface area contributed by atoms with Crippen LogP contribution in [0.1, 0.15) is 50.8 Å². The molecule has 0 saturated heterocycles. The number of ether oxygens (including phenoxy) is 1. The molecule has 0 spiro atoms. The molecule has 0 fully saturated rings. The second-order valence-electron chi connectivity index (χ2n) is 8.75. The Labute approximate surface area is 204 Å².